The van der Waals surface area contributed by atoms with E-state index in [1.54, 1.807) is 12.1 Å². The van der Waals surface area contributed by atoms with Crippen LogP contribution in [0, 0.1) is 17.1 Å². The molecule has 3 rings (SSSR count). The largest absolute Gasteiger partial charge is 0.496 e. The van der Waals surface area contributed by atoms with E-state index in [1.165, 1.54) is 25.3 Å². The maximum Gasteiger partial charge on any atom is 0.413 e. The molecule has 3 aromatic rings. The van der Waals surface area contributed by atoms with Crippen molar-refractivity contribution in [3.8, 4) is 11.8 Å². The van der Waals surface area contributed by atoms with Gasteiger partial charge in [-0.15, -0.1) is 0 Å². The van der Waals surface area contributed by atoms with E-state index in [1.807, 2.05) is 6.07 Å². The highest BCUT2D eigenvalue weighted by Gasteiger charge is 2.20. The summed E-state index contributed by atoms with van der Waals surface area (Å²) in [5.74, 6) is 0.0268. The van der Waals surface area contributed by atoms with Crippen LogP contribution in [-0.2, 0) is 6.42 Å². The van der Waals surface area contributed by atoms with Gasteiger partial charge >= 0.3 is 6.09 Å². The fraction of sp³-hybridized carbons (Fsp3) is 0.158. The number of hydrogen-bond acceptors (Lipinski definition) is 5. The third-order valence-electron chi connectivity index (χ3n) is 4.25. The average molecular weight is 401 g/mol. The zero-order valence-corrected chi connectivity index (χ0v) is 15.4. The van der Waals surface area contributed by atoms with Crippen molar-refractivity contribution in [1.82, 2.24) is 9.97 Å². The van der Waals surface area contributed by atoms with Crippen molar-refractivity contribution < 1.29 is 19.0 Å². The van der Waals surface area contributed by atoms with Crippen molar-refractivity contribution in [1.29, 1.82) is 5.26 Å². The molecule has 0 fully saturated rings. The molecule has 0 radical (unpaired) electrons. The molecule has 1 aromatic heterocycles. The molecule has 0 spiro atoms. The summed E-state index contributed by atoms with van der Waals surface area (Å²) < 4.78 is 19.9. The molecule has 7 nitrogen and oxygen atoms in total. The van der Waals surface area contributed by atoms with Crippen LogP contribution in [0.4, 0.5) is 15.0 Å². The van der Waals surface area contributed by atoms with Crippen molar-refractivity contribution in [2.75, 3.05) is 18.6 Å². The van der Waals surface area contributed by atoms with Gasteiger partial charge in [0.15, 0.2) is 0 Å². The normalized spacial score (nSPS) is 10.5. The molecule has 0 aliphatic rings. The summed E-state index contributed by atoms with van der Waals surface area (Å²) in [6.07, 6.45) is -0.0267. The Morgan fingerprint density at radius 2 is 2.14 bits per heavy atom. The fourth-order valence-corrected chi connectivity index (χ4v) is 3.14. The van der Waals surface area contributed by atoms with Crippen LogP contribution in [0.5, 0.6) is 5.75 Å². The predicted octanol–water partition coefficient (Wildman–Crippen LogP) is 4.03. The molecule has 0 aliphatic heterocycles. The van der Waals surface area contributed by atoms with Crippen LogP contribution in [0.1, 0.15) is 11.1 Å². The van der Waals surface area contributed by atoms with Gasteiger partial charge in [-0.2, -0.15) is 5.26 Å². The molecule has 0 saturated heterocycles. The number of halogens is 2. The van der Waals surface area contributed by atoms with E-state index in [4.69, 9.17) is 16.3 Å². The number of rotatable bonds is 5. The van der Waals surface area contributed by atoms with Gasteiger partial charge in [-0.05, 0) is 36.2 Å². The highest BCUT2D eigenvalue weighted by Crippen LogP contribution is 2.32. The minimum atomic E-state index is -1.26. The topological polar surface area (TPSA) is 99.3 Å². The molecule has 0 atom stereocenters. The van der Waals surface area contributed by atoms with Gasteiger partial charge in [0.25, 0.3) is 0 Å². The number of nitriles is 1. The zero-order valence-electron chi connectivity index (χ0n) is 14.7. The van der Waals surface area contributed by atoms with Crippen LogP contribution in [-0.4, -0.2) is 34.8 Å². The Labute approximate surface area is 164 Å². The van der Waals surface area contributed by atoms with Gasteiger partial charge in [-0.1, -0.05) is 11.6 Å². The number of carboxylic acid groups (broad SMARTS) is 1. The number of benzene rings is 2. The van der Waals surface area contributed by atoms with Crippen LogP contribution in [0.15, 0.2) is 36.7 Å². The van der Waals surface area contributed by atoms with E-state index in [-0.39, 0.29) is 34.9 Å². The monoisotopic (exact) mass is 400 g/mol. The van der Waals surface area contributed by atoms with Gasteiger partial charge in [-0.25, -0.2) is 19.2 Å². The second kappa shape index (κ2) is 8.06. The van der Waals surface area contributed by atoms with Crippen LogP contribution >= 0.6 is 11.6 Å². The van der Waals surface area contributed by atoms with Gasteiger partial charge in [0.2, 0.25) is 0 Å². The first-order chi connectivity index (χ1) is 13.5. The van der Waals surface area contributed by atoms with Crippen molar-refractivity contribution in [3.05, 3.63) is 58.8 Å². The molecule has 0 unspecified atom stereocenters. The first-order valence-corrected chi connectivity index (χ1v) is 8.50. The number of carbonyl (C=O) groups is 1. The summed E-state index contributed by atoms with van der Waals surface area (Å²) in [5.41, 5.74) is 0.647. The standard InChI is InChI=1S/C19H14ClFN4O3/c1-28-15-5-4-14(21)18-12(11(9-22)2-3-13(15)18)6-7-25(19(26)27)17-8-16(20)23-10-24-17/h2-5,8,10H,6-7H2,1H3,(H,26,27). The van der Waals surface area contributed by atoms with Gasteiger partial charge in [0.1, 0.15) is 28.9 Å². The number of ether oxygens (including phenoxy) is 1. The van der Waals surface area contributed by atoms with E-state index in [9.17, 15) is 19.6 Å². The number of amides is 1. The number of methoxy groups -OCH3 is 1. The third-order valence-corrected chi connectivity index (χ3v) is 4.46. The lowest BCUT2D eigenvalue weighted by atomic mass is 9.96. The second-order valence-corrected chi connectivity index (χ2v) is 6.15. The van der Waals surface area contributed by atoms with E-state index in [0.29, 0.717) is 16.7 Å². The summed E-state index contributed by atoms with van der Waals surface area (Å²) >= 11 is 5.81. The molecule has 142 valence electrons. The molecule has 1 amide bonds. The smallest absolute Gasteiger partial charge is 0.413 e. The van der Waals surface area contributed by atoms with Crippen molar-refractivity contribution in [2.45, 2.75) is 6.42 Å². The molecule has 9 heteroatoms. The average Bonchev–Trinajstić information content (AvgIpc) is 2.68. The van der Waals surface area contributed by atoms with Gasteiger partial charge < -0.3 is 9.84 Å². The number of fused-ring (bicyclic) bond motifs is 1. The maximum atomic E-state index is 14.6. The highest BCUT2D eigenvalue weighted by atomic mass is 35.5. The zero-order chi connectivity index (χ0) is 20.3. The Kier molecular flexibility index (Phi) is 5.57. The highest BCUT2D eigenvalue weighted by molar-refractivity contribution is 6.29. The number of anilines is 1. The van der Waals surface area contributed by atoms with Crippen LogP contribution in [0.2, 0.25) is 5.15 Å². The Bertz CT molecular complexity index is 1100. The Balaban J connectivity index is 2.06. The molecule has 0 aliphatic carbocycles. The van der Waals surface area contributed by atoms with Gasteiger partial charge in [0.05, 0.1) is 18.7 Å². The van der Waals surface area contributed by atoms with Gasteiger partial charge in [0, 0.05) is 23.4 Å². The van der Waals surface area contributed by atoms with E-state index >= 15 is 0 Å². The summed E-state index contributed by atoms with van der Waals surface area (Å²) in [7, 11) is 1.47. The first-order valence-electron chi connectivity index (χ1n) is 8.12. The van der Waals surface area contributed by atoms with Gasteiger partial charge in [-0.3, -0.25) is 4.90 Å². The molecule has 1 heterocycles. The summed E-state index contributed by atoms with van der Waals surface area (Å²) in [6.45, 7) is -0.0624. The molecule has 28 heavy (non-hydrogen) atoms. The first kappa shape index (κ1) is 19.3. The van der Waals surface area contributed by atoms with Crippen LogP contribution in [0.3, 0.4) is 0 Å². The lowest BCUT2D eigenvalue weighted by molar-refractivity contribution is 0.201. The molecule has 1 N–H and O–H groups in total. The summed E-state index contributed by atoms with van der Waals surface area (Å²) in [4.78, 5) is 20.3. The number of aromatic nitrogens is 2. The Hall–Kier alpha value is -3.44. The van der Waals surface area contributed by atoms with Crippen LogP contribution < -0.4 is 9.64 Å². The number of nitrogens with zero attached hydrogens (tertiary/aromatic N) is 4. The molecule has 0 saturated carbocycles. The van der Waals surface area contributed by atoms with Crippen LogP contribution in [0.25, 0.3) is 10.8 Å². The maximum absolute atomic E-state index is 14.6. The fourth-order valence-electron chi connectivity index (χ4n) is 2.99. The summed E-state index contributed by atoms with van der Waals surface area (Å²) in [5, 5.41) is 19.8. The molecule has 0 bridgehead atoms. The minimum absolute atomic E-state index is 0.0624. The lowest BCUT2D eigenvalue weighted by Gasteiger charge is -2.19. The summed E-state index contributed by atoms with van der Waals surface area (Å²) in [6, 6.07) is 9.27. The van der Waals surface area contributed by atoms with Crippen molar-refractivity contribution in [3.63, 3.8) is 0 Å². The SMILES string of the molecule is COc1ccc(F)c2c(CCN(C(=O)O)c3cc(Cl)ncn3)c(C#N)ccc12. The molecular weight excluding hydrogens is 387 g/mol. The third kappa shape index (κ3) is 3.66. The predicted molar refractivity (Wildman–Crippen MR) is 101 cm³/mol. The van der Waals surface area contributed by atoms with Crippen molar-refractivity contribution >= 4 is 34.3 Å². The molecular formula is C19H14ClFN4O3. The van der Waals surface area contributed by atoms with E-state index < -0.39 is 11.9 Å². The number of hydrogen-bond donors (Lipinski definition) is 1. The Morgan fingerprint density at radius 3 is 2.79 bits per heavy atom. The van der Waals surface area contributed by atoms with Crippen molar-refractivity contribution in [2.24, 2.45) is 0 Å². The lowest BCUT2D eigenvalue weighted by Crippen LogP contribution is -2.32. The minimum Gasteiger partial charge on any atom is -0.496 e. The van der Waals surface area contributed by atoms with E-state index in [0.717, 1.165) is 11.2 Å². The second-order valence-electron chi connectivity index (χ2n) is 5.76. The van der Waals surface area contributed by atoms with E-state index in [2.05, 4.69) is 9.97 Å². The quantitative estimate of drug-likeness (QED) is 0.649. The molecule has 2 aromatic carbocycles. The Morgan fingerprint density at radius 1 is 1.36 bits per heavy atom.